The molecule has 0 saturated carbocycles. The Morgan fingerprint density at radius 3 is 2.71 bits per heavy atom. The first-order valence-electron chi connectivity index (χ1n) is 5.35. The molecule has 0 N–H and O–H groups in total. The van der Waals surface area contributed by atoms with Crippen molar-refractivity contribution in [3.05, 3.63) is 59.4 Å². The second-order valence-corrected chi connectivity index (χ2v) is 4.22. The highest BCUT2D eigenvalue weighted by molar-refractivity contribution is 6.29. The number of hydrogen-bond acceptors (Lipinski definition) is 2. The van der Waals surface area contributed by atoms with Crippen LogP contribution in [-0.2, 0) is 6.54 Å². The molecule has 2 aromatic heterocycles. The molecule has 0 spiro atoms. The molecule has 0 radical (unpaired) electrons. The predicted octanol–water partition coefficient (Wildman–Crippen LogP) is 3.13. The van der Waals surface area contributed by atoms with Crippen molar-refractivity contribution in [3.8, 4) is 0 Å². The molecule has 17 heavy (non-hydrogen) atoms. The highest BCUT2D eigenvalue weighted by Crippen LogP contribution is 2.15. The quantitative estimate of drug-likeness (QED) is 0.648. The van der Waals surface area contributed by atoms with Gasteiger partial charge in [-0.25, -0.2) is 9.67 Å². The Balaban J connectivity index is 2.03. The van der Waals surface area contributed by atoms with E-state index in [1.165, 1.54) is 5.56 Å². The van der Waals surface area contributed by atoms with Crippen LogP contribution in [0.15, 0.2) is 48.7 Å². The first kappa shape index (κ1) is 10.3. The van der Waals surface area contributed by atoms with E-state index >= 15 is 0 Å². The molecule has 0 amide bonds. The van der Waals surface area contributed by atoms with E-state index in [1.54, 1.807) is 6.07 Å². The number of nitrogens with zero attached hydrogens (tertiary/aromatic N) is 3. The molecule has 4 heteroatoms. The van der Waals surface area contributed by atoms with Crippen molar-refractivity contribution < 1.29 is 0 Å². The van der Waals surface area contributed by atoms with Crippen LogP contribution in [0.25, 0.3) is 11.0 Å². The molecular formula is C13H10ClN3. The van der Waals surface area contributed by atoms with Crippen molar-refractivity contribution in [3.63, 3.8) is 0 Å². The average molecular weight is 244 g/mol. The van der Waals surface area contributed by atoms with E-state index in [-0.39, 0.29) is 0 Å². The summed E-state index contributed by atoms with van der Waals surface area (Å²) >= 11 is 5.90. The van der Waals surface area contributed by atoms with E-state index in [4.69, 9.17) is 11.6 Å². The first-order valence-corrected chi connectivity index (χ1v) is 5.73. The highest BCUT2D eigenvalue weighted by Gasteiger charge is 2.05. The maximum atomic E-state index is 5.90. The number of hydrogen-bond donors (Lipinski definition) is 0. The van der Waals surface area contributed by atoms with Crippen LogP contribution in [0.4, 0.5) is 0 Å². The summed E-state index contributed by atoms with van der Waals surface area (Å²) in [4.78, 5) is 4.30. The highest BCUT2D eigenvalue weighted by atomic mass is 35.5. The van der Waals surface area contributed by atoms with Crippen molar-refractivity contribution in [2.75, 3.05) is 0 Å². The minimum atomic E-state index is 0.493. The maximum Gasteiger partial charge on any atom is 0.159 e. The molecule has 3 rings (SSSR count). The maximum absolute atomic E-state index is 5.90. The molecule has 1 aromatic carbocycles. The Labute approximate surface area is 104 Å². The number of pyridine rings is 1. The third-order valence-electron chi connectivity index (χ3n) is 2.63. The van der Waals surface area contributed by atoms with E-state index in [2.05, 4.69) is 22.2 Å². The zero-order valence-electron chi connectivity index (χ0n) is 9.05. The lowest BCUT2D eigenvalue weighted by molar-refractivity contribution is 0.704. The normalized spacial score (nSPS) is 10.9. The fourth-order valence-electron chi connectivity index (χ4n) is 1.80. The predicted molar refractivity (Wildman–Crippen MR) is 68.1 cm³/mol. The van der Waals surface area contributed by atoms with Crippen LogP contribution in [0.5, 0.6) is 0 Å². The van der Waals surface area contributed by atoms with Crippen LogP contribution in [0, 0.1) is 0 Å². The zero-order chi connectivity index (χ0) is 11.7. The molecule has 3 nitrogen and oxygen atoms in total. The molecule has 84 valence electrons. The standard InChI is InChI=1S/C13H10ClN3/c14-12-7-6-11-8-15-17(13(11)16-12)9-10-4-2-1-3-5-10/h1-8H,9H2. The molecular weight excluding hydrogens is 234 g/mol. The Bertz CT molecular complexity index is 646. The van der Waals surface area contributed by atoms with Gasteiger partial charge in [0, 0.05) is 5.39 Å². The average Bonchev–Trinajstić information content (AvgIpc) is 2.73. The molecule has 0 aliphatic rings. The van der Waals surface area contributed by atoms with Gasteiger partial charge in [0.2, 0.25) is 0 Å². The van der Waals surface area contributed by atoms with Crippen LogP contribution in [0.3, 0.4) is 0 Å². The first-order chi connectivity index (χ1) is 8.33. The third kappa shape index (κ3) is 2.01. The van der Waals surface area contributed by atoms with E-state index < -0.39 is 0 Å². The number of aromatic nitrogens is 3. The summed E-state index contributed by atoms with van der Waals surface area (Å²) in [5.74, 6) is 0. The number of halogens is 1. The number of rotatable bonds is 2. The smallest absolute Gasteiger partial charge is 0.159 e. The molecule has 0 aliphatic heterocycles. The summed E-state index contributed by atoms with van der Waals surface area (Å²) in [7, 11) is 0. The van der Waals surface area contributed by atoms with Gasteiger partial charge in [-0.15, -0.1) is 0 Å². The van der Waals surface area contributed by atoms with Gasteiger partial charge >= 0.3 is 0 Å². The number of fused-ring (bicyclic) bond motifs is 1. The van der Waals surface area contributed by atoms with E-state index in [9.17, 15) is 0 Å². The lowest BCUT2D eigenvalue weighted by Gasteiger charge is -2.02. The minimum Gasteiger partial charge on any atom is -0.243 e. The number of benzene rings is 1. The third-order valence-corrected chi connectivity index (χ3v) is 2.84. The van der Waals surface area contributed by atoms with Gasteiger partial charge in [-0.1, -0.05) is 41.9 Å². The summed E-state index contributed by atoms with van der Waals surface area (Å²) in [6.07, 6.45) is 1.81. The molecule has 0 saturated heterocycles. The van der Waals surface area contributed by atoms with Crippen molar-refractivity contribution in [2.24, 2.45) is 0 Å². The van der Waals surface area contributed by atoms with E-state index in [0.717, 1.165) is 11.0 Å². The van der Waals surface area contributed by atoms with Crippen LogP contribution in [0.1, 0.15) is 5.56 Å². The summed E-state index contributed by atoms with van der Waals surface area (Å²) < 4.78 is 1.86. The summed E-state index contributed by atoms with van der Waals surface area (Å²) in [5, 5.41) is 5.83. The van der Waals surface area contributed by atoms with Crippen LogP contribution < -0.4 is 0 Å². The Kier molecular flexibility index (Phi) is 2.53. The molecule has 0 fully saturated rings. The molecule has 0 aliphatic carbocycles. The minimum absolute atomic E-state index is 0.493. The molecule has 0 unspecified atom stereocenters. The molecule has 3 aromatic rings. The van der Waals surface area contributed by atoms with E-state index in [1.807, 2.05) is 35.1 Å². The molecule has 0 atom stereocenters. The van der Waals surface area contributed by atoms with Gasteiger partial charge in [0.1, 0.15) is 5.15 Å². The summed E-state index contributed by atoms with van der Waals surface area (Å²) in [5.41, 5.74) is 2.01. The van der Waals surface area contributed by atoms with Gasteiger partial charge in [0.05, 0.1) is 12.7 Å². The monoisotopic (exact) mass is 243 g/mol. The van der Waals surface area contributed by atoms with Gasteiger partial charge in [-0.3, -0.25) is 0 Å². The SMILES string of the molecule is Clc1ccc2cnn(Cc3ccccc3)c2n1. The van der Waals surface area contributed by atoms with Gasteiger partial charge in [0.25, 0.3) is 0 Å². The molecule has 2 heterocycles. The topological polar surface area (TPSA) is 30.7 Å². The van der Waals surface area contributed by atoms with Crippen molar-refractivity contribution in [2.45, 2.75) is 6.54 Å². The largest absolute Gasteiger partial charge is 0.243 e. The Morgan fingerprint density at radius 2 is 1.88 bits per heavy atom. The lowest BCUT2D eigenvalue weighted by Crippen LogP contribution is -2.02. The van der Waals surface area contributed by atoms with Gasteiger partial charge in [-0.05, 0) is 17.7 Å². The Morgan fingerprint density at radius 1 is 1.06 bits per heavy atom. The second-order valence-electron chi connectivity index (χ2n) is 3.83. The van der Waals surface area contributed by atoms with Crippen molar-refractivity contribution in [1.29, 1.82) is 0 Å². The van der Waals surface area contributed by atoms with Crippen LogP contribution in [-0.4, -0.2) is 14.8 Å². The second kappa shape index (κ2) is 4.18. The molecule has 0 bridgehead atoms. The Hall–Kier alpha value is -1.87. The van der Waals surface area contributed by atoms with Crippen LogP contribution >= 0.6 is 11.6 Å². The van der Waals surface area contributed by atoms with Gasteiger partial charge in [0.15, 0.2) is 5.65 Å². The fraction of sp³-hybridized carbons (Fsp3) is 0.0769. The van der Waals surface area contributed by atoms with Crippen molar-refractivity contribution in [1.82, 2.24) is 14.8 Å². The van der Waals surface area contributed by atoms with Gasteiger partial charge in [-0.2, -0.15) is 5.10 Å². The fourth-order valence-corrected chi connectivity index (χ4v) is 1.95. The zero-order valence-corrected chi connectivity index (χ0v) is 9.80. The summed E-state index contributed by atoms with van der Waals surface area (Å²) in [6, 6.07) is 13.9. The summed E-state index contributed by atoms with van der Waals surface area (Å²) in [6.45, 7) is 0.706. The van der Waals surface area contributed by atoms with Crippen molar-refractivity contribution >= 4 is 22.6 Å². The van der Waals surface area contributed by atoms with Gasteiger partial charge < -0.3 is 0 Å². The van der Waals surface area contributed by atoms with E-state index in [0.29, 0.717) is 11.7 Å². The lowest BCUT2D eigenvalue weighted by atomic mass is 10.2. The van der Waals surface area contributed by atoms with Crippen LogP contribution in [0.2, 0.25) is 5.15 Å².